The van der Waals surface area contributed by atoms with E-state index in [1.807, 2.05) is 54.6 Å². The Bertz CT molecular complexity index is 862. The number of anilines is 1. The molecule has 6 heteroatoms. The van der Waals surface area contributed by atoms with Crippen LogP contribution < -0.4 is 5.32 Å². The van der Waals surface area contributed by atoms with Crippen molar-refractivity contribution in [3.8, 4) is 5.69 Å². The van der Waals surface area contributed by atoms with E-state index < -0.39 is 0 Å². The van der Waals surface area contributed by atoms with Gasteiger partial charge >= 0.3 is 0 Å². The van der Waals surface area contributed by atoms with Crippen LogP contribution in [0.15, 0.2) is 59.1 Å². The number of benzene rings is 2. The fraction of sp³-hybridized carbons (Fsp3) is 0.0588. The number of aromatic nitrogens is 2. The molecule has 3 rings (SSSR count). The first kappa shape index (κ1) is 15.8. The quantitative estimate of drug-likeness (QED) is 0.695. The van der Waals surface area contributed by atoms with Crippen molar-refractivity contribution in [2.24, 2.45) is 0 Å². The number of rotatable bonds is 3. The van der Waals surface area contributed by atoms with Gasteiger partial charge in [-0.1, -0.05) is 51.8 Å². The lowest BCUT2D eigenvalue weighted by molar-refractivity contribution is 0.102. The van der Waals surface area contributed by atoms with E-state index in [1.54, 1.807) is 11.6 Å². The van der Waals surface area contributed by atoms with Crippen LogP contribution in [-0.2, 0) is 0 Å². The molecule has 0 radical (unpaired) electrons. The van der Waals surface area contributed by atoms with Gasteiger partial charge in [0.1, 0.15) is 10.7 Å². The SMILES string of the molecule is Cc1nn(-c2ccccc2)c(Cl)c1C(=O)Nc1cccc(Br)c1. The fourth-order valence-electron chi connectivity index (χ4n) is 2.26. The van der Waals surface area contributed by atoms with Crippen LogP contribution in [0.3, 0.4) is 0 Å². The first-order valence-corrected chi connectivity index (χ1v) is 8.11. The van der Waals surface area contributed by atoms with E-state index in [0.717, 1.165) is 10.2 Å². The van der Waals surface area contributed by atoms with Crippen LogP contribution in [0.2, 0.25) is 5.15 Å². The van der Waals surface area contributed by atoms with Gasteiger partial charge in [-0.15, -0.1) is 0 Å². The maximum atomic E-state index is 12.5. The number of para-hydroxylation sites is 1. The maximum absolute atomic E-state index is 12.5. The summed E-state index contributed by atoms with van der Waals surface area (Å²) in [6.45, 7) is 1.77. The monoisotopic (exact) mass is 389 g/mol. The molecule has 0 fully saturated rings. The molecule has 1 heterocycles. The van der Waals surface area contributed by atoms with E-state index in [0.29, 0.717) is 22.1 Å². The standard InChI is InChI=1S/C17H13BrClN3O/c1-11-15(17(23)20-13-7-5-6-12(18)10-13)16(19)22(21-11)14-8-3-2-4-9-14/h2-10H,1H3,(H,20,23). The molecule has 0 aliphatic carbocycles. The minimum atomic E-state index is -0.284. The number of nitrogens with zero attached hydrogens (tertiary/aromatic N) is 2. The summed E-state index contributed by atoms with van der Waals surface area (Å²) in [5.74, 6) is -0.284. The number of aryl methyl sites for hydroxylation is 1. The molecule has 2 aromatic carbocycles. The van der Waals surface area contributed by atoms with Crippen molar-refractivity contribution in [1.29, 1.82) is 0 Å². The molecule has 0 spiro atoms. The molecule has 0 aliphatic heterocycles. The average molecular weight is 391 g/mol. The molecular formula is C17H13BrClN3O. The van der Waals surface area contributed by atoms with Crippen molar-refractivity contribution in [2.45, 2.75) is 6.92 Å². The summed E-state index contributed by atoms with van der Waals surface area (Å²) < 4.78 is 2.45. The van der Waals surface area contributed by atoms with Crippen molar-refractivity contribution in [1.82, 2.24) is 9.78 Å². The fourth-order valence-corrected chi connectivity index (χ4v) is 3.01. The summed E-state index contributed by atoms with van der Waals surface area (Å²) in [5.41, 5.74) is 2.44. The normalized spacial score (nSPS) is 10.6. The van der Waals surface area contributed by atoms with E-state index >= 15 is 0 Å². The largest absolute Gasteiger partial charge is 0.322 e. The summed E-state index contributed by atoms with van der Waals surface area (Å²) in [6, 6.07) is 16.8. The van der Waals surface area contributed by atoms with Gasteiger partial charge in [0.2, 0.25) is 0 Å². The predicted octanol–water partition coefficient (Wildman–Crippen LogP) is 4.85. The summed E-state index contributed by atoms with van der Waals surface area (Å²) >= 11 is 9.76. The Kier molecular flexibility index (Phi) is 4.50. The van der Waals surface area contributed by atoms with Gasteiger partial charge in [0, 0.05) is 10.2 Å². The maximum Gasteiger partial charge on any atom is 0.260 e. The third-order valence-electron chi connectivity index (χ3n) is 3.31. The van der Waals surface area contributed by atoms with Gasteiger partial charge in [0.05, 0.1) is 11.4 Å². The van der Waals surface area contributed by atoms with Crippen molar-refractivity contribution in [3.05, 3.63) is 75.5 Å². The van der Waals surface area contributed by atoms with Crippen LogP contribution in [0.5, 0.6) is 0 Å². The van der Waals surface area contributed by atoms with Gasteiger partial charge in [-0.25, -0.2) is 4.68 Å². The summed E-state index contributed by atoms with van der Waals surface area (Å²) in [6.07, 6.45) is 0. The summed E-state index contributed by atoms with van der Waals surface area (Å²) in [4.78, 5) is 12.5. The van der Waals surface area contributed by atoms with Gasteiger partial charge in [-0.3, -0.25) is 4.79 Å². The molecule has 1 N–H and O–H groups in total. The lowest BCUT2D eigenvalue weighted by Crippen LogP contribution is -2.13. The van der Waals surface area contributed by atoms with Crippen molar-refractivity contribution in [3.63, 3.8) is 0 Å². The molecular weight excluding hydrogens is 378 g/mol. The minimum absolute atomic E-state index is 0.284. The molecule has 0 aliphatic rings. The molecule has 0 saturated heterocycles. The number of hydrogen-bond acceptors (Lipinski definition) is 2. The Hall–Kier alpha value is -2.11. The number of carbonyl (C=O) groups excluding carboxylic acids is 1. The number of halogens is 2. The highest BCUT2D eigenvalue weighted by Gasteiger charge is 2.21. The van der Waals surface area contributed by atoms with Crippen LogP contribution in [0, 0.1) is 6.92 Å². The molecule has 0 bridgehead atoms. The molecule has 0 saturated carbocycles. The lowest BCUT2D eigenvalue weighted by atomic mass is 10.2. The third-order valence-corrected chi connectivity index (χ3v) is 4.16. The molecule has 0 unspecified atom stereocenters. The molecule has 1 aromatic heterocycles. The Morgan fingerprint density at radius 3 is 2.61 bits per heavy atom. The highest BCUT2D eigenvalue weighted by molar-refractivity contribution is 9.10. The first-order chi connectivity index (χ1) is 11.1. The zero-order valence-electron chi connectivity index (χ0n) is 12.3. The number of hydrogen-bond donors (Lipinski definition) is 1. The van der Waals surface area contributed by atoms with Crippen LogP contribution in [0.4, 0.5) is 5.69 Å². The van der Waals surface area contributed by atoms with E-state index in [2.05, 4.69) is 26.3 Å². The Morgan fingerprint density at radius 1 is 1.17 bits per heavy atom. The molecule has 0 atom stereocenters. The lowest BCUT2D eigenvalue weighted by Gasteiger charge is -2.06. The third kappa shape index (κ3) is 3.30. The Balaban J connectivity index is 1.94. The van der Waals surface area contributed by atoms with Gasteiger partial charge in [-0.05, 0) is 37.3 Å². The Labute approximate surface area is 147 Å². The molecule has 116 valence electrons. The van der Waals surface area contributed by atoms with Crippen molar-refractivity contribution < 1.29 is 4.79 Å². The number of amides is 1. The Morgan fingerprint density at radius 2 is 1.91 bits per heavy atom. The minimum Gasteiger partial charge on any atom is -0.322 e. The molecule has 4 nitrogen and oxygen atoms in total. The summed E-state index contributed by atoms with van der Waals surface area (Å²) in [7, 11) is 0. The van der Waals surface area contributed by atoms with Gasteiger partial charge in [-0.2, -0.15) is 5.10 Å². The molecule has 3 aromatic rings. The topological polar surface area (TPSA) is 46.9 Å². The zero-order valence-corrected chi connectivity index (χ0v) is 14.6. The molecule has 1 amide bonds. The number of carbonyl (C=O) groups is 1. The highest BCUT2D eigenvalue weighted by atomic mass is 79.9. The molecule has 23 heavy (non-hydrogen) atoms. The van der Waals surface area contributed by atoms with Crippen molar-refractivity contribution in [2.75, 3.05) is 5.32 Å². The van der Waals surface area contributed by atoms with Crippen LogP contribution in [-0.4, -0.2) is 15.7 Å². The van der Waals surface area contributed by atoms with E-state index in [9.17, 15) is 4.79 Å². The smallest absolute Gasteiger partial charge is 0.260 e. The highest BCUT2D eigenvalue weighted by Crippen LogP contribution is 2.25. The van der Waals surface area contributed by atoms with Gasteiger partial charge in [0.15, 0.2) is 0 Å². The van der Waals surface area contributed by atoms with Crippen LogP contribution in [0.25, 0.3) is 5.69 Å². The van der Waals surface area contributed by atoms with Crippen molar-refractivity contribution >= 4 is 39.1 Å². The predicted molar refractivity (Wildman–Crippen MR) is 95.4 cm³/mol. The second kappa shape index (κ2) is 6.56. The van der Waals surface area contributed by atoms with Gasteiger partial charge in [0.25, 0.3) is 5.91 Å². The van der Waals surface area contributed by atoms with Gasteiger partial charge < -0.3 is 5.32 Å². The van der Waals surface area contributed by atoms with Crippen LogP contribution >= 0.6 is 27.5 Å². The number of nitrogens with one attached hydrogen (secondary N) is 1. The van der Waals surface area contributed by atoms with E-state index in [1.165, 1.54) is 0 Å². The van der Waals surface area contributed by atoms with Crippen LogP contribution in [0.1, 0.15) is 16.1 Å². The second-order valence-corrected chi connectivity index (χ2v) is 6.24. The first-order valence-electron chi connectivity index (χ1n) is 6.93. The summed E-state index contributed by atoms with van der Waals surface area (Å²) in [5, 5.41) is 7.51. The van der Waals surface area contributed by atoms with E-state index in [4.69, 9.17) is 11.6 Å². The zero-order chi connectivity index (χ0) is 16.4. The van der Waals surface area contributed by atoms with E-state index in [-0.39, 0.29) is 5.91 Å². The second-order valence-electron chi connectivity index (χ2n) is 4.96. The average Bonchev–Trinajstić information content (AvgIpc) is 2.83.